The molecule has 1 aliphatic rings. The molecule has 0 aromatic rings. The Labute approximate surface area is 95.3 Å². The normalized spacial score (nSPS) is 22.6. The van der Waals surface area contributed by atoms with Crippen LogP contribution in [-0.2, 0) is 0 Å². The summed E-state index contributed by atoms with van der Waals surface area (Å²) in [4.78, 5) is 0. The Bertz CT molecular complexity index is 159. The summed E-state index contributed by atoms with van der Waals surface area (Å²) in [7, 11) is 0. The van der Waals surface area contributed by atoms with Crippen molar-refractivity contribution in [3.8, 4) is 0 Å². The second-order valence-corrected chi connectivity index (χ2v) is 5.27. The SMILES string of the molecule is CCCCCC(CC)C1(O)CCCCC1. The van der Waals surface area contributed by atoms with E-state index in [2.05, 4.69) is 13.8 Å². The highest BCUT2D eigenvalue weighted by atomic mass is 16.3. The molecule has 1 atom stereocenters. The Morgan fingerprint density at radius 2 is 1.73 bits per heavy atom. The van der Waals surface area contributed by atoms with Crippen LogP contribution in [0.5, 0.6) is 0 Å². The third-order valence-electron chi connectivity index (χ3n) is 4.13. The minimum Gasteiger partial charge on any atom is -0.390 e. The van der Waals surface area contributed by atoms with Gasteiger partial charge in [-0.05, 0) is 25.2 Å². The van der Waals surface area contributed by atoms with E-state index in [1.54, 1.807) is 0 Å². The molecule has 1 saturated carbocycles. The molecule has 1 unspecified atom stereocenters. The van der Waals surface area contributed by atoms with Crippen LogP contribution in [0.25, 0.3) is 0 Å². The van der Waals surface area contributed by atoms with E-state index in [1.807, 2.05) is 0 Å². The summed E-state index contributed by atoms with van der Waals surface area (Å²) in [6.45, 7) is 4.49. The van der Waals surface area contributed by atoms with Crippen molar-refractivity contribution in [1.82, 2.24) is 0 Å². The fourth-order valence-electron chi connectivity index (χ4n) is 3.07. The number of hydrogen-bond donors (Lipinski definition) is 1. The average molecular weight is 212 g/mol. The number of unbranched alkanes of at least 4 members (excludes halogenated alkanes) is 2. The van der Waals surface area contributed by atoms with Gasteiger partial charge in [-0.25, -0.2) is 0 Å². The Balaban J connectivity index is 2.40. The molecule has 0 heterocycles. The third kappa shape index (κ3) is 3.79. The van der Waals surface area contributed by atoms with Gasteiger partial charge in [0.25, 0.3) is 0 Å². The summed E-state index contributed by atoms with van der Waals surface area (Å²) in [5.74, 6) is 0.560. The molecular formula is C14H28O. The number of rotatable bonds is 6. The quantitative estimate of drug-likeness (QED) is 0.651. The van der Waals surface area contributed by atoms with Crippen molar-refractivity contribution >= 4 is 0 Å². The largest absolute Gasteiger partial charge is 0.390 e. The first-order valence-electron chi connectivity index (χ1n) is 6.95. The van der Waals surface area contributed by atoms with Crippen LogP contribution in [0.15, 0.2) is 0 Å². The van der Waals surface area contributed by atoms with E-state index in [0.717, 1.165) is 19.3 Å². The first-order valence-corrected chi connectivity index (χ1v) is 6.95. The summed E-state index contributed by atoms with van der Waals surface area (Å²) in [5.41, 5.74) is -0.305. The molecular weight excluding hydrogens is 184 g/mol. The van der Waals surface area contributed by atoms with E-state index in [-0.39, 0.29) is 5.60 Å². The fourth-order valence-corrected chi connectivity index (χ4v) is 3.07. The predicted molar refractivity (Wildman–Crippen MR) is 66.0 cm³/mol. The smallest absolute Gasteiger partial charge is 0.0675 e. The van der Waals surface area contributed by atoms with E-state index in [4.69, 9.17) is 0 Å². The lowest BCUT2D eigenvalue weighted by molar-refractivity contribution is -0.0541. The molecule has 1 nitrogen and oxygen atoms in total. The monoisotopic (exact) mass is 212 g/mol. The van der Waals surface area contributed by atoms with Gasteiger partial charge in [-0.1, -0.05) is 58.8 Å². The van der Waals surface area contributed by atoms with Gasteiger partial charge in [-0.3, -0.25) is 0 Å². The Kier molecular flexibility index (Phi) is 5.66. The highest BCUT2D eigenvalue weighted by molar-refractivity contribution is 4.88. The molecule has 0 radical (unpaired) electrons. The Hall–Kier alpha value is -0.0400. The zero-order valence-corrected chi connectivity index (χ0v) is 10.6. The molecule has 1 aliphatic carbocycles. The molecule has 1 heteroatoms. The van der Waals surface area contributed by atoms with E-state index < -0.39 is 0 Å². The zero-order valence-electron chi connectivity index (χ0n) is 10.6. The van der Waals surface area contributed by atoms with Crippen molar-refractivity contribution in [2.75, 3.05) is 0 Å². The van der Waals surface area contributed by atoms with E-state index >= 15 is 0 Å². The third-order valence-corrected chi connectivity index (χ3v) is 4.13. The van der Waals surface area contributed by atoms with E-state index in [9.17, 15) is 5.11 Å². The Morgan fingerprint density at radius 3 is 2.27 bits per heavy atom. The molecule has 1 N–H and O–H groups in total. The van der Waals surface area contributed by atoms with Crippen LogP contribution in [0.3, 0.4) is 0 Å². The first kappa shape index (κ1) is 13.0. The second kappa shape index (κ2) is 6.52. The summed E-state index contributed by atoms with van der Waals surface area (Å²) in [5, 5.41) is 10.6. The minimum absolute atomic E-state index is 0.305. The summed E-state index contributed by atoms with van der Waals surface area (Å²) in [6, 6.07) is 0. The summed E-state index contributed by atoms with van der Waals surface area (Å²) >= 11 is 0. The molecule has 0 aliphatic heterocycles. The predicted octanol–water partition coefficient (Wildman–Crippen LogP) is 4.29. The molecule has 0 aromatic heterocycles. The molecule has 0 bridgehead atoms. The standard InChI is InChI=1S/C14H28O/c1-3-5-7-10-13(4-2)14(15)11-8-6-9-12-14/h13,15H,3-12H2,1-2H3. The van der Waals surface area contributed by atoms with Gasteiger partial charge in [-0.15, -0.1) is 0 Å². The number of hydrogen-bond acceptors (Lipinski definition) is 1. The Morgan fingerprint density at radius 1 is 1.07 bits per heavy atom. The molecule has 0 saturated heterocycles. The van der Waals surface area contributed by atoms with Crippen LogP contribution in [0.2, 0.25) is 0 Å². The molecule has 0 amide bonds. The number of aliphatic hydroxyl groups is 1. The van der Waals surface area contributed by atoms with Crippen molar-refractivity contribution in [3.63, 3.8) is 0 Å². The van der Waals surface area contributed by atoms with Gasteiger partial charge >= 0.3 is 0 Å². The van der Waals surface area contributed by atoms with Gasteiger partial charge < -0.3 is 5.11 Å². The molecule has 1 rings (SSSR count). The van der Waals surface area contributed by atoms with Gasteiger partial charge in [0.05, 0.1) is 5.60 Å². The van der Waals surface area contributed by atoms with Crippen LogP contribution in [0.1, 0.15) is 78.1 Å². The van der Waals surface area contributed by atoms with Crippen molar-refractivity contribution in [2.45, 2.75) is 83.7 Å². The van der Waals surface area contributed by atoms with Crippen molar-refractivity contribution < 1.29 is 5.11 Å². The maximum Gasteiger partial charge on any atom is 0.0675 e. The van der Waals surface area contributed by atoms with Gasteiger partial charge in [0.1, 0.15) is 0 Å². The highest BCUT2D eigenvalue weighted by Crippen LogP contribution is 2.38. The summed E-state index contributed by atoms with van der Waals surface area (Å²) in [6.07, 6.45) is 12.2. The maximum atomic E-state index is 10.6. The lowest BCUT2D eigenvalue weighted by Gasteiger charge is -2.39. The van der Waals surface area contributed by atoms with Crippen molar-refractivity contribution in [3.05, 3.63) is 0 Å². The van der Waals surface area contributed by atoms with E-state index in [0.29, 0.717) is 5.92 Å². The molecule has 1 fully saturated rings. The van der Waals surface area contributed by atoms with Crippen molar-refractivity contribution in [1.29, 1.82) is 0 Å². The van der Waals surface area contributed by atoms with Crippen LogP contribution < -0.4 is 0 Å². The van der Waals surface area contributed by atoms with Gasteiger partial charge in [0.15, 0.2) is 0 Å². The van der Waals surface area contributed by atoms with Crippen LogP contribution in [-0.4, -0.2) is 10.7 Å². The fraction of sp³-hybridized carbons (Fsp3) is 1.00. The molecule has 0 spiro atoms. The second-order valence-electron chi connectivity index (χ2n) is 5.27. The highest BCUT2D eigenvalue weighted by Gasteiger charge is 2.35. The lowest BCUT2D eigenvalue weighted by atomic mass is 9.72. The zero-order chi connectivity index (χ0) is 11.1. The van der Waals surface area contributed by atoms with Crippen LogP contribution in [0, 0.1) is 5.92 Å². The minimum atomic E-state index is -0.305. The van der Waals surface area contributed by atoms with Crippen LogP contribution >= 0.6 is 0 Å². The average Bonchev–Trinajstić information content (AvgIpc) is 2.25. The molecule has 90 valence electrons. The molecule has 15 heavy (non-hydrogen) atoms. The van der Waals surface area contributed by atoms with Gasteiger partial charge in [-0.2, -0.15) is 0 Å². The maximum absolute atomic E-state index is 10.6. The van der Waals surface area contributed by atoms with E-state index in [1.165, 1.54) is 44.9 Å². The van der Waals surface area contributed by atoms with Gasteiger partial charge in [0, 0.05) is 0 Å². The lowest BCUT2D eigenvalue weighted by Crippen LogP contribution is -2.39. The first-order chi connectivity index (χ1) is 7.23. The van der Waals surface area contributed by atoms with Crippen molar-refractivity contribution in [2.24, 2.45) is 5.92 Å². The topological polar surface area (TPSA) is 20.2 Å². The van der Waals surface area contributed by atoms with Crippen LogP contribution in [0.4, 0.5) is 0 Å². The van der Waals surface area contributed by atoms with Gasteiger partial charge in [0.2, 0.25) is 0 Å². The summed E-state index contributed by atoms with van der Waals surface area (Å²) < 4.78 is 0. The molecule has 0 aromatic carbocycles.